The van der Waals surface area contributed by atoms with Crippen molar-refractivity contribution in [1.82, 2.24) is 4.90 Å². The zero-order valence-electron chi connectivity index (χ0n) is 16.7. The van der Waals surface area contributed by atoms with E-state index in [9.17, 15) is 14.7 Å². The number of benzene rings is 2. The van der Waals surface area contributed by atoms with E-state index < -0.39 is 0 Å². The van der Waals surface area contributed by atoms with E-state index >= 15 is 0 Å². The Morgan fingerprint density at radius 2 is 1.90 bits per heavy atom. The fourth-order valence-corrected chi connectivity index (χ4v) is 3.08. The van der Waals surface area contributed by atoms with Crippen molar-refractivity contribution in [2.45, 2.75) is 32.2 Å². The predicted octanol–water partition coefficient (Wildman–Crippen LogP) is 3.11. The van der Waals surface area contributed by atoms with Gasteiger partial charge in [-0.15, -0.1) is 0 Å². The Morgan fingerprint density at radius 1 is 1.17 bits per heavy atom. The number of para-hydroxylation sites is 2. The van der Waals surface area contributed by atoms with Gasteiger partial charge in [-0.05, 0) is 55.7 Å². The maximum absolute atomic E-state index is 12.7. The molecule has 0 radical (unpaired) electrons. The first-order valence-corrected chi connectivity index (χ1v) is 9.62. The van der Waals surface area contributed by atoms with Crippen LogP contribution in [0.5, 0.6) is 17.2 Å². The molecule has 0 heterocycles. The van der Waals surface area contributed by atoms with E-state index in [1.54, 1.807) is 36.3 Å². The molecule has 2 aromatic carbocycles. The monoisotopic (exact) mass is 398 g/mol. The summed E-state index contributed by atoms with van der Waals surface area (Å²) >= 11 is 0. The SMILES string of the molecule is COc1ccccc1OCC(=O)N(CCC(=O)Nc1ccc(O)cc1C)C1CC1. The van der Waals surface area contributed by atoms with E-state index in [0.29, 0.717) is 23.7 Å². The number of nitrogens with one attached hydrogen (secondary N) is 1. The largest absolute Gasteiger partial charge is 0.508 e. The maximum Gasteiger partial charge on any atom is 0.260 e. The summed E-state index contributed by atoms with van der Waals surface area (Å²) in [6, 6.07) is 12.1. The Morgan fingerprint density at radius 3 is 2.55 bits per heavy atom. The summed E-state index contributed by atoms with van der Waals surface area (Å²) < 4.78 is 10.9. The molecule has 2 N–H and O–H groups in total. The lowest BCUT2D eigenvalue weighted by Crippen LogP contribution is -2.38. The normalized spacial score (nSPS) is 12.9. The minimum Gasteiger partial charge on any atom is -0.508 e. The van der Waals surface area contributed by atoms with Crippen molar-refractivity contribution in [3.63, 3.8) is 0 Å². The first-order valence-electron chi connectivity index (χ1n) is 9.62. The Labute approximate surface area is 170 Å². The summed E-state index contributed by atoms with van der Waals surface area (Å²) in [4.78, 5) is 26.7. The summed E-state index contributed by atoms with van der Waals surface area (Å²) in [7, 11) is 1.55. The van der Waals surface area contributed by atoms with Gasteiger partial charge in [0.15, 0.2) is 18.1 Å². The number of aromatic hydroxyl groups is 1. The molecule has 1 fully saturated rings. The van der Waals surface area contributed by atoms with Crippen LogP contribution in [-0.2, 0) is 9.59 Å². The van der Waals surface area contributed by atoms with E-state index in [2.05, 4.69) is 5.32 Å². The molecule has 0 atom stereocenters. The van der Waals surface area contributed by atoms with Gasteiger partial charge in [-0.25, -0.2) is 0 Å². The van der Waals surface area contributed by atoms with Crippen molar-refractivity contribution in [2.75, 3.05) is 25.6 Å². The van der Waals surface area contributed by atoms with Gasteiger partial charge in [-0.2, -0.15) is 0 Å². The van der Waals surface area contributed by atoms with Crippen molar-refractivity contribution >= 4 is 17.5 Å². The molecule has 2 aromatic rings. The third kappa shape index (κ3) is 5.63. The van der Waals surface area contributed by atoms with Crippen LogP contribution in [0, 0.1) is 6.92 Å². The fraction of sp³-hybridized carbons (Fsp3) is 0.364. The predicted molar refractivity (Wildman–Crippen MR) is 109 cm³/mol. The summed E-state index contributed by atoms with van der Waals surface area (Å²) in [5.74, 6) is 0.914. The van der Waals surface area contributed by atoms with Crippen LogP contribution in [0.2, 0.25) is 0 Å². The van der Waals surface area contributed by atoms with Crippen LogP contribution in [0.15, 0.2) is 42.5 Å². The highest BCUT2D eigenvalue weighted by molar-refractivity contribution is 5.92. The molecule has 2 amide bonds. The first kappa shape index (κ1) is 20.5. The van der Waals surface area contributed by atoms with Gasteiger partial charge in [0.2, 0.25) is 5.91 Å². The third-order valence-electron chi connectivity index (χ3n) is 4.79. The Bertz CT molecular complexity index is 879. The zero-order chi connectivity index (χ0) is 20.8. The molecule has 1 aliphatic carbocycles. The smallest absolute Gasteiger partial charge is 0.260 e. The number of rotatable bonds is 9. The molecule has 7 heteroatoms. The number of carbonyl (C=O) groups is 2. The number of anilines is 1. The number of nitrogens with zero attached hydrogens (tertiary/aromatic N) is 1. The van der Waals surface area contributed by atoms with Gasteiger partial charge in [0.05, 0.1) is 7.11 Å². The number of hydrogen-bond acceptors (Lipinski definition) is 5. The van der Waals surface area contributed by atoms with Crippen molar-refractivity contribution in [3.8, 4) is 17.2 Å². The summed E-state index contributed by atoms with van der Waals surface area (Å²) in [5.41, 5.74) is 1.43. The van der Waals surface area contributed by atoms with Crippen LogP contribution in [0.3, 0.4) is 0 Å². The summed E-state index contributed by atoms with van der Waals surface area (Å²) in [6.07, 6.45) is 2.08. The van der Waals surface area contributed by atoms with E-state index in [0.717, 1.165) is 18.4 Å². The maximum atomic E-state index is 12.7. The zero-order valence-corrected chi connectivity index (χ0v) is 16.7. The number of ether oxygens (including phenoxy) is 2. The second-order valence-corrected chi connectivity index (χ2v) is 7.06. The van der Waals surface area contributed by atoms with E-state index in [-0.39, 0.29) is 36.6 Å². The second kappa shape index (κ2) is 9.32. The third-order valence-corrected chi connectivity index (χ3v) is 4.79. The van der Waals surface area contributed by atoms with Crippen LogP contribution in [-0.4, -0.2) is 48.1 Å². The number of carbonyl (C=O) groups excluding carboxylic acids is 2. The average molecular weight is 398 g/mol. The molecular weight excluding hydrogens is 372 g/mol. The molecule has 3 rings (SSSR count). The Balaban J connectivity index is 1.53. The molecule has 0 bridgehead atoms. The van der Waals surface area contributed by atoms with Gasteiger partial charge in [-0.3, -0.25) is 9.59 Å². The highest BCUT2D eigenvalue weighted by Gasteiger charge is 2.32. The van der Waals surface area contributed by atoms with E-state index in [4.69, 9.17) is 9.47 Å². The molecule has 0 unspecified atom stereocenters. The molecule has 1 aliphatic rings. The Hall–Kier alpha value is -3.22. The van der Waals surface area contributed by atoms with Gasteiger partial charge >= 0.3 is 0 Å². The van der Waals surface area contributed by atoms with Crippen molar-refractivity contribution < 1.29 is 24.2 Å². The van der Waals surface area contributed by atoms with Crippen molar-refractivity contribution in [2.24, 2.45) is 0 Å². The molecule has 0 spiro atoms. The minimum atomic E-state index is -0.178. The number of amides is 2. The van der Waals surface area contributed by atoms with Crippen LogP contribution in [0.25, 0.3) is 0 Å². The molecule has 0 aromatic heterocycles. The van der Waals surface area contributed by atoms with Gasteiger partial charge < -0.3 is 24.8 Å². The van der Waals surface area contributed by atoms with Crippen LogP contribution < -0.4 is 14.8 Å². The number of phenolic OH excluding ortho intramolecular Hbond substituents is 1. The van der Waals surface area contributed by atoms with Crippen molar-refractivity contribution in [3.05, 3.63) is 48.0 Å². The average Bonchev–Trinajstić information content (AvgIpc) is 3.54. The number of methoxy groups -OCH3 is 1. The van der Waals surface area contributed by atoms with Crippen LogP contribution in [0.1, 0.15) is 24.8 Å². The minimum absolute atomic E-state index is 0.102. The highest BCUT2D eigenvalue weighted by atomic mass is 16.5. The van der Waals surface area contributed by atoms with E-state index in [1.807, 2.05) is 19.1 Å². The van der Waals surface area contributed by atoms with Gasteiger partial charge in [-0.1, -0.05) is 12.1 Å². The number of phenols is 1. The lowest BCUT2D eigenvalue weighted by atomic mass is 10.2. The lowest BCUT2D eigenvalue weighted by Gasteiger charge is -2.22. The summed E-state index contributed by atoms with van der Waals surface area (Å²) in [5, 5.41) is 12.3. The molecular formula is C22H26N2O5. The molecule has 29 heavy (non-hydrogen) atoms. The van der Waals surface area contributed by atoms with Gasteiger partial charge in [0.1, 0.15) is 5.75 Å². The molecule has 0 saturated heterocycles. The van der Waals surface area contributed by atoms with Gasteiger partial charge in [0.25, 0.3) is 5.91 Å². The summed E-state index contributed by atoms with van der Waals surface area (Å²) in [6.45, 7) is 2.04. The standard InChI is InChI=1S/C22H26N2O5/c1-15-13-17(25)9-10-18(15)23-21(26)11-12-24(16-7-8-16)22(27)14-29-20-6-4-3-5-19(20)28-2/h3-6,9-10,13,16,25H,7-8,11-12,14H2,1-2H3,(H,23,26). The first-order chi connectivity index (χ1) is 14.0. The quantitative estimate of drug-likeness (QED) is 0.634. The highest BCUT2D eigenvalue weighted by Crippen LogP contribution is 2.29. The molecule has 154 valence electrons. The number of aryl methyl sites for hydroxylation is 1. The van der Waals surface area contributed by atoms with Crippen LogP contribution in [0.4, 0.5) is 5.69 Å². The van der Waals surface area contributed by atoms with Crippen molar-refractivity contribution in [1.29, 1.82) is 0 Å². The van der Waals surface area contributed by atoms with Crippen LogP contribution >= 0.6 is 0 Å². The topological polar surface area (TPSA) is 88.1 Å². The second-order valence-electron chi connectivity index (χ2n) is 7.06. The van der Waals surface area contributed by atoms with Gasteiger partial charge in [0, 0.05) is 24.7 Å². The Kier molecular flexibility index (Phi) is 6.59. The van der Waals surface area contributed by atoms with E-state index in [1.165, 1.54) is 6.07 Å². The lowest BCUT2D eigenvalue weighted by molar-refractivity contribution is -0.134. The number of hydrogen-bond donors (Lipinski definition) is 2. The molecule has 1 saturated carbocycles. The fourth-order valence-electron chi connectivity index (χ4n) is 3.08. The molecule has 7 nitrogen and oxygen atoms in total. The molecule has 0 aliphatic heterocycles.